The molecule has 0 bridgehead atoms. The number of aryl methyl sites for hydroxylation is 1. The van der Waals surface area contributed by atoms with Gasteiger partial charge in [-0.3, -0.25) is 9.69 Å². The minimum absolute atomic E-state index is 0.169. The fourth-order valence-electron chi connectivity index (χ4n) is 8.42. The average Bonchev–Trinajstić information content (AvgIpc) is 4.05. The van der Waals surface area contributed by atoms with Gasteiger partial charge in [0.2, 0.25) is 0 Å². The lowest BCUT2D eigenvalue weighted by atomic mass is 10.0. The summed E-state index contributed by atoms with van der Waals surface area (Å²) >= 11 is 0. The highest BCUT2D eigenvalue weighted by atomic mass is 16.5. The summed E-state index contributed by atoms with van der Waals surface area (Å²) in [6.45, 7) is 8.14. The number of hydrogen-bond donors (Lipinski definition) is 0. The molecule has 2 saturated heterocycles. The van der Waals surface area contributed by atoms with Crippen LogP contribution in [0, 0.1) is 13.8 Å². The maximum absolute atomic E-state index is 14.1. The summed E-state index contributed by atoms with van der Waals surface area (Å²) in [5.74, 6) is 1.22. The van der Waals surface area contributed by atoms with E-state index in [4.69, 9.17) is 19.1 Å². The van der Waals surface area contributed by atoms with Crippen LogP contribution in [0.4, 0.5) is 0 Å². The van der Waals surface area contributed by atoms with Crippen LogP contribution in [0.3, 0.4) is 0 Å². The van der Waals surface area contributed by atoms with Gasteiger partial charge in [-0.25, -0.2) is 9.36 Å². The fraction of sp³-hybridized carbons (Fsp3) is 0.326. The van der Waals surface area contributed by atoms with Crippen molar-refractivity contribution in [3.63, 3.8) is 0 Å². The fourth-order valence-corrected chi connectivity index (χ4v) is 8.42. The van der Waals surface area contributed by atoms with Crippen molar-refractivity contribution in [2.45, 2.75) is 51.9 Å². The number of methoxy groups -OCH3 is 1. The molecule has 13 heteroatoms. The number of carbonyl (C=O) groups excluding carboxylic acids is 1. The number of likely N-dealkylation sites (tertiary alicyclic amines) is 1. The Balaban J connectivity index is 0.877. The van der Waals surface area contributed by atoms with Gasteiger partial charge in [-0.05, 0) is 63.1 Å². The quantitative estimate of drug-likeness (QED) is 0.149. The highest BCUT2D eigenvalue weighted by Crippen LogP contribution is 2.33. The van der Waals surface area contributed by atoms with E-state index < -0.39 is 0 Å². The van der Waals surface area contributed by atoms with E-state index in [1.165, 1.54) is 16.5 Å². The van der Waals surface area contributed by atoms with Gasteiger partial charge in [0.05, 0.1) is 63.1 Å². The predicted molar refractivity (Wildman–Crippen MR) is 211 cm³/mol. The Labute approximate surface area is 325 Å². The molecule has 13 nitrogen and oxygen atoms in total. The second-order valence-corrected chi connectivity index (χ2v) is 14.7. The van der Waals surface area contributed by atoms with Crippen LogP contribution >= 0.6 is 0 Å². The molecule has 1 amide bonds. The van der Waals surface area contributed by atoms with Gasteiger partial charge in [0.25, 0.3) is 5.91 Å². The van der Waals surface area contributed by atoms with Crippen LogP contribution in [0.25, 0.3) is 27.8 Å². The van der Waals surface area contributed by atoms with Gasteiger partial charge in [-0.2, -0.15) is 5.10 Å². The molecule has 0 N–H and O–H groups in total. The Morgan fingerprint density at radius 2 is 1.80 bits per heavy atom. The van der Waals surface area contributed by atoms with E-state index in [0.29, 0.717) is 44.3 Å². The van der Waals surface area contributed by atoms with Gasteiger partial charge in [-0.1, -0.05) is 65.0 Å². The van der Waals surface area contributed by atoms with Crippen molar-refractivity contribution in [2.75, 3.05) is 40.0 Å². The number of amides is 1. The molecule has 2 unspecified atom stereocenters. The number of nitrogens with zero attached hydrogens (tertiary/aromatic N) is 9. The maximum Gasteiger partial charge on any atom is 0.276 e. The number of carbonyl (C=O) groups is 1. The Kier molecular flexibility index (Phi) is 9.70. The number of hydrogen-bond acceptors (Lipinski definition) is 9. The molecule has 7 aromatic rings. The van der Waals surface area contributed by atoms with Crippen LogP contribution in [-0.2, 0) is 17.8 Å². The van der Waals surface area contributed by atoms with Crippen molar-refractivity contribution in [3.05, 3.63) is 131 Å². The number of ether oxygens (including phenoxy) is 2. The lowest BCUT2D eigenvalue weighted by Gasteiger charge is -2.35. The zero-order chi connectivity index (χ0) is 38.2. The molecule has 0 saturated carbocycles. The molecule has 0 radical (unpaired) electrons. The van der Waals surface area contributed by atoms with Crippen LogP contribution < -0.4 is 4.74 Å². The van der Waals surface area contributed by atoms with Crippen molar-refractivity contribution in [2.24, 2.45) is 0 Å². The van der Waals surface area contributed by atoms with Gasteiger partial charge in [0.15, 0.2) is 11.5 Å². The first-order valence-electron chi connectivity index (χ1n) is 19.2. The Bertz CT molecular complexity index is 2480. The third-order valence-corrected chi connectivity index (χ3v) is 11.1. The Morgan fingerprint density at radius 1 is 0.946 bits per heavy atom. The molecule has 9 rings (SSSR count). The number of piperidine rings is 1. The summed E-state index contributed by atoms with van der Waals surface area (Å²) in [5.41, 5.74) is 8.35. The minimum Gasteiger partial charge on any atom is -0.497 e. The predicted octanol–water partition coefficient (Wildman–Crippen LogP) is 6.80. The monoisotopic (exact) mass is 751 g/mol. The number of benzene rings is 3. The molecular weight excluding hydrogens is 707 g/mol. The standard InChI is InChI=1S/C43H45N9O4/c1-29-42(30(2)52(45-29)34-14-9-16-36(22-34)54-3)41-28-55-20-19-49(41)43(53)38-23-37(56-46-38)27-48-18-10-15-35(26-48)51-25-33(44-47-51)24-50-39-17-8-7-13-32(39)21-40(50)31-11-5-4-6-12-31/h4-9,11-14,16-17,21-23,25,35,41H,10,15,18-20,24,26-28H2,1-3H3. The van der Waals surface area contributed by atoms with Gasteiger partial charge >= 0.3 is 0 Å². The first-order valence-corrected chi connectivity index (χ1v) is 19.2. The molecular formula is C43H45N9O4. The zero-order valence-corrected chi connectivity index (χ0v) is 31.9. The number of aromatic nitrogens is 7. The van der Waals surface area contributed by atoms with Gasteiger partial charge in [0.1, 0.15) is 11.4 Å². The Morgan fingerprint density at radius 3 is 2.68 bits per heavy atom. The topological polar surface area (TPSA) is 122 Å². The molecule has 2 aliphatic rings. The van der Waals surface area contributed by atoms with E-state index in [2.05, 4.69) is 85.7 Å². The van der Waals surface area contributed by atoms with E-state index >= 15 is 0 Å². The van der Waals surface area contributed by atoms with Crippen LogP contribution in [-0.4, -0.2) is 90.2 Å². The second-order valence-electron chi connectivity index (χ2n) is 14.7. The molecule has 3 aromatic carbocycles. The average molecular weight is 752 g/mol. The first kappa shape index (κ1) is 35.6. The van der Waals surface area contributed by atoms with Crippen LogP contribution in [0.5, 0.6) is 5.75 Å². The van der Waals surface area contributed by atoms with Crippen molar-refractivity contribution >= 4 is 16.8 Å². The molecule has 56 heavy (non-hydrogen) atoms. The Hall–Kier alpha value is -6.05. The number of para-hydroxylation sites is 1. The summed E-state index contributed by atoms with van der Waals surface area (Å²) in [4.78, 5) is 18.3. The van der Waals surface area contributed by atoms with Crippen LogP contribution in [0.2, 0.25) is 0 Å². The largest absolute Gasteiger partial charge is 0.497 e. The third kappa shape index (κ3) is 6.88. The highest BCUT2D eigenvalue weighted by Gasteiger charge is 2.35. The van der Waals surface area contributed by atoms with E-state index in [0.717, 1.165) is 65.7 Å². The van der Waals surface area contributed by atoms with E-state index in [1.807, 2.05) is 58.4 Å². The lowest BCUT2D eigenvalue weighted by Crippen LogP contribution is -2.44. The second kappa shape index (κ2) is 15.2. The van der Waals surface area contributed by atoms with Crippen molar-refractivity contribution < 1.29 is 18.8 Å². The number of fused-ring (bicyclic) bond motifs is 1. The first-order chi connectivity index (χ1) is 27.4. The molecule has 0 spiro atoms. The van der Waals surface area contributed by atoms with Crippen molar-refractivity contribution in [3.8, 4) is 22.7 Å². The number of rotatable bonds is 10. The minimum atomic E-state index is -0.313. The summed E-state index contributed by atoms with van der Waals surface area (Å²) in [6.07, 6.45) is 4.11. The number of morpholine rings is 1. The molecule has 2 atom stereocenters. The maximum atomic E-state index is 14.1. The summed E-state index contributed by atoms with van der Waals surface area (Å²) in [5, 5.41) is 19.6. The van der Waals surface area contributed by atoms with Crippen molar-refractivity contribution in [1.29, 1.82) is 0 Å². The summed E-state index contributed by atoms with van der Waals surface area (Å²) < 4.78 is 23.4. The van der Waals surface area contributed by atoms with Crippen molar-refractivity contribution in [1.82, 2.24) is 44.3 Å². The van der Waals surface area contributed by atoms with Crippen LogP contribution in [0.15, 0.2) is 102 Å². The van der Waals surface area contributed by atoms with Gasteiger partial charge in [-0.15, -0.1) is 5.10 Å². The molecule has 286 valence electrons. The highest BCUT2D eigenvalue weighted by molar-refractivity contribution is 5.92. The molecule has 6 heterocycles. The summed E-state index contributed by atoms with van der Waals surface area (Å²) in [7, 11) is 1.65. The van der Waals surface area contributed by atoms with Gasteiger partial charge in [0, 0.05) is 53.1 Å². The smallest absolute Gasteiger partial charge is 0.276 e. The summed E-state index contributed by atoms with van der Waals surface area (Å²) in [6, 6.07) is 30.6. The van der Waals surface area contributed by atoms with E-state index in [-0.39, 0.29) is 18.0 Å². The third-order valence-electron chi connectivity index (χ3n) is 11.1. The zero-order valence-electron chi connectivity index (χ0n) is 31.9. The van der Waals surface area contributed by atoms with E-state index in [9.17, 15) is 4.79 Å². The van der Waals surface area contributed by atoms with Gasteiger partial charge < -0.3 is 23.5 Å². The van der Waals surface area contributed by atoms with Crippen LogP contribution in [0.1, 0.15) is 63.8 Å². The normalized spacial score (nSPS) is 17.8. The van der Waals surface area contributed by atoms with E-state index in [1.54, 1.807) is 13.2 Å². The molecule has 4 aromatic heterocycles. The molecule has 2 aliphatic heterocycles. The SMILES string of the molecule is COc1cccc(-n2nc(C)c(C3COCCN3C(=O)c3cc(CN4CCCC(n5cc(Cn6c(-c7ccccc7)cc7ccccc76)nn5)C4)on3)c2C)c1. The molecule has 2 fully saturated rings. The lowest BCUT2D eigenvalue weighted by molar-refractivity contribution is -0.00354. The molecule has 0 aliphatic carbocycles.